The van der Waals surface area contributed by atoms with E-state index in [0.29, 0.717) is 33.6 Å². The van der Waals surface area contributed by atoms with Crippen molar-refractivity contribution >= 4 is 38.7 Å². The highest BCUT2D eigenvalue weighted by Gasteiger charge is 2.28. The van der Waals surface area contributed by atoms with Gasteiger partial charge >= 0.3 is 0 Å². The van der Waals surface area contributed by atoms with Crippen LogP contribution in [0.15, 0.2) is 76.2 Å². The molecular weight excluding hydrogens is 594 g/mol. The fourth-order valence-corrected chi connectivity index (χ4v) is 5.52. The number of halogens is 2. The Bertz CT molecular complexity index is 2210. The molecule has 0 spiro atoms. The van der Waals surface area contributed by atoms with Crippen molar-refractivity contribution in [3.8, 4) is 28.1 Å². The van der Waals surface area contributed by atoms with Gasteiger partial charge in [0, 0.05) is 17.7 Å². The summed E-state index contributed by atoms with van der Waals surface area (Å²) in [5.41, 5.74) is 7.55. The number of benzene rings is 3. The number of nitrogens with two attached hydrogens (primary N) is 1. The molecule has 0 bridgehead atoms. The highest BCUT2D eigenvalue weighted by Crippen LogP contribution is 2.37. The summed E-state index contributed by atoms with van der Waals surface area (Å²) in [5.74, 6) is -0.705. The lowest BCUT2D eigenvalue weighted by molar-refractivity contribution is 0.409. The largest absolute Gasteiger partial charge is 0.496 e. The first kappa shape index (κ1) is 28.9. The van der Waals surface area contributed by atoms with Crippen LogP contribution in [0.2, 0.25) is 0 Å². The zero-order valence-electron chi connectivity index (χ0n) is 23.2. The van der Waals surface area contributed by atoms with Crippen molar-refractivity contribution in [3.63, 3.8) is 0 Å². The third kappa shape index (κ3) is 5.03. The van der Waals surface area contributed by atoms with Crippen LogP contribution in [-0.4, -0.2) is 35.3 Å². The number of methoxy groups -OCH3 is 1. The number of thiol groups is 1. The quantitative estimate of drug-likeness (QED) is 0.211. The number of hydrogen-bond acceptors (Lipinski definition) is 9. The summed E-state index contributed by atoms with van der Waals surface area (Å²) < 4.78 is 67.1. The predicted molar refractivity (Wildman–Crippen MR) is 161 cm³/mol. The van der Waals surface area contributed by atoms with Gasteiger partial charge in [0.25, 0.3) is 0 Å². The second-order valence-corrected chi connectivity index (χ2v) is 10.7. The Morgan fingerprint density at radius 2 is 1.84 bits per heavy atom. The maximum Gasteiger partial charge on any atom is 0.203 e. The van der Waals surface area contributed by atoms with Gasteiger partial charge in [0.15, 0.2) is 5.65 Å². The summed E-state index contributed by atoms with van der Waals surface area (Å²) >= 11 is 0. The molecule has 3 N–H and O–H groups in total. The normalized spacial score (nSPS) is 12.3. The molecule has 6 aromatic rings. The smallest absolute Gasteiger partial charge is 0.203 e. The number of anilines is 1. The van der Waals surface area contributed by atoms with Gasteiger partial charge in [-0.15, -0.1) is 0 Å². The van der Waals surface area contributed by atoms with Crippen molar-refractivity contribution in [2.75, 3.05) is 12.8 Å². The van der Waals surface area contributed by atoms with Crippen LogP contribution in [0.1, 0.15) is 24.3 Å². The van der Waals surface area contributed by atoms with E-state index in [1.807, 2.05) is 0 Å². The van der Waals surface area contributed by atoms with Gasteiger partial charge < -0.3 is 14.9 Å². The molecule has 11 nitrogen and oxygen atoms in total. The number of hydrogen-bond donors (Lipinski definition) is 3. The fraction of sp³-hybridized carbons (Fsp3) is 0.133. The monoisotopic (exact) mass is 618 g/mol. The molecule has 44 heavy (non-hydrogen) atoms. The number of nitrogen functional groups attached to an aromatic ring is 1. The molecule has 3 heterocycles. The number of aromatic nitrogens is 4. The van der Waals surface area contributed by atoms with E-state index in [1.54, 1.807) is 25.1 Å². The molecule has 0 radical (unpaired) electrons. The van der Waals surface area contributed by atoms with Crippen LogP contribution >= 0.6 is 0 Å². The Morgan fingerprint density at radius 3 is 2.59 bits per heavy atom. The van der Waals surface area contributed by atoms with Crippen LogP contribution in [0.4, 0.5) is 14.6 Å². The average Bonchev–Trinajstić information content (AvgIpc) is 3.40. The number of nitrogens with zero attached hydrogens (tertiary/aromatic N) is 4. The molecule has 0 aliphatic carbocycles. The van der Waals surface area contributed by atoms with Gasteiger partial charge in [-0.25, -0.2) is 36.6 Å². The molecule has 0 aliphatic rings. The minimum absolute atomic E-state index is 0.00633. The van der Waals surface area contributed by atoms with E-state index in [9.17, 15) is 22.0 Å². The second kappa shape index (κ2) is 11.5. The first-order valence-electron chi connectivity index (χ1n) is 13.2. The van der Waals surface area contributed by atoms with Crippen LogP contribution in [0.5, 0.6) is 5.75 Å². The first-order valence-corrected chi connectivity index (χ1v) is 14.4. The third-order valence-corrected chi connectivity index (χ3v) is 7.64. The van der Waals surface area contributed by atoms with Crippen molar-refractivity contribution < 1.29 is 26.4 Å². The topological polar surface area (TPSA) is 155 Å². The molecule has 0 aliphatic heterocycles. The lowest BCUT2D eigenvalue weighted by atomic mass is 9.99. The lowest BCUT2D eigenvalue weighted by Crippen LogP contribution is -2.17. The summed E-state index contributed by atoms with van der Waals surface area (Å²) in [6, 6.07) is 13.7. The standard InChI is InChI=1S/C30H24F2N6O5S/c1-15(28-23(16-5-3-6-19(31)12-16)27(39)24-20(32)7-4-8-22(24)43-28)38-30-25(29(33)34-14-35-30)26(37-38)17-9-10-21(42-2)18(11-17)13-36-44(40)41/h3-12,14-15,44H,13H2,1-2H3,(H2,33,34,35)(H,36,40,41)/t15-/m0/s1. The number of ether oxygens (including phenoxy) is 1. The van der Waals surface area contributed by atoms with Crippen molar-refractivity contribution in [2.24, 2.45) is 0 Å². The van der Waals surface area contributed by atoms with E-state index in [0.717, 1.165) is 6.07 Å². The molecule has 0 fully saturated rings. The van der Waals surface area contributed by atoms with Gasteiger partial charge in [-0.1, -0.05) is 18.2 Å². The van der Waals surface area contributed by atoms with Crippen LogP contribution in [-0.2, 0) is 17.4 Å². The van der Waals surface area contributed by atoms with Crippen LogP contribution in [0.25, 0.3) is 44.4 Å². The molecule has 224 valence electrons. The highest BCUT2D eigenvalue weighted by atomic mass is 32.2. The average molecular weight is 619 g/mol. The minimum atomic E-state index is -2.86. The molecule has 0 unspecified atom stereocenters. The molecule has 0 saturated carbocycles. The van der Waals surface area contributed by atoms with Crippen LogP contribution in [0, 0.1) is 11.6 Å². The lowest BCUT2D eigenvalue weighted by Gasteiger charge is -2.17. The summed E-state index contributed by atoms with van der Waals surface area (Å²) in [5, 5.41) is 4.94. The summed E-state index contributed by atoms with van der Waals surface area (Å²) in [6.07, 6.45) is 1.26. The van der Waals surface area contributed by atoms with E-state index in [1.165, 1.54) is 54.5 Å². The molecular formula is C30H24F2N6O5S. The maximum absolute atomic E-state index is 14.9. The van der Waals surface area contributed by atoms with E-state index in [2.05, 4.69) is 14.7 Å². The molecule has 14 heteroatoms. The fourth-order valence-electron chi connectivity index (χ4n) is 5.22. The van der Waals surface area contributed by atoms with Gasteiger partial charge in [0.05, 0.1) is 18.1 Å². The van der Waals surface area contributed by atoms with Gasteiger partial charge in [-0.2, -0.15) is 5.10 Å². The Morgan fingerprint density at radius 1 is 1.05 bits per heavy atom. The Balaban J connectivity index is 1.60. The zero-order chi connectivity index (χ0) is 31.1. The number of fused-ring (bicyclic) bond motifs is 2. The number of nitrogens with one attached hydrogen (secondary N) is 1. The van der Waals surface area contributed by atoms with Crippen LogP contribution in [0.3, 0.4) is 0 Å². The molecule has 0 saturated heterocycles. The van der Waals surface area contributed by atoms with Gasteiger partial charge in [0.1, 0.15) is 58.0 Å². The SMILES string of the molecule is COc1ccc(-c2nn([C@@H](C)c3oc4cccc(F)c4c(=O)c3-c3cccc(F)c3)c3ncnc(N)c23)cc1CN[SH](=O)=O. The summed E-state index contributed by atoms with van der Waals surface area (Å²) in [6.45, 7) is 1.67. The minimum Gasteiger partial charge on any atom is -0.496 e. The van der Waals surface area contributed by atoms with Gasteiger partial charge in [0.2, 0.25) is 16.3 Å². The van der Waals surface area contributed by atoms with Crippen molar-refractivity contribution in [2.45, 2.75) is 19.5 Å². The molecule has 3 aromatic carbocycles. The van der Waals surface area contributed by atoms with Gasteiger partial charge in [-0.3, -0.25) is 4.79 Å². The zero-order valence-corrected chi connectivity index (χ0v) is 24.1. The third-order valence-electron chi connectivity index (χ3n) is 7.23. The number of rotatable bonds is 8. The van der Waals surface area contributed by atoms with E-state index in [-0.39, 0.29) is 40.2 Å². The van der Waals surface area contributed by atoms with E-state index < -0.39 is 34.0 Å². The molecule has 1 atom stereocenters. The Hall–Kier alpha value is -5.21. The Labute approximate surface area is 250 Å². The first-order chi connectivity index (χ1) is 21.2. The Kier molecular flexibility index (Phi) is 7.53. The molecule has 0 amide bonds. The van der Waals surface area contributed by atoms with Crippen LogP contribution < -0.4 is 20.6 Å². The van der Waals surface area contributed by atoms with Crippen molar-refractivity contribution in [3.05, 3.63) is 100 Å². The predicted octanol–water partition coefficient (Wildman–Crippen LogP) is 4.36. The summed E-state index contributed by atoms with van der Waals surface area (Å²) in [4.78, 5) is 22.4. The van der Waals surface area contributed by atoms with Gasteiger partial charge in [-0.05, 0) is 55.0 Å². The molecule has 3 aromatic heterocycles. The highest BCUT2D eigenvalue weighted by molar-refractivity contribution is 7.70. The summed E-state index contributed by atoms with van der Waals surface area (Å²) in [7, 11) is -1.39. The maximum atomic E-state index is 14.9. The van der Waals surface area contributed by atoms with Crippen molar-refractivity contribution in [1.29, 1.82) is 0 Å². The van der Waals surface area contributed by atoms with E-state index >= 15 is 0 Å². The second-order valence-electron chi connectivity index (χ2n) is 9.84. The van der Waals surface area contributed by atoms with E-state index in [4.69, 9.17) is 20.0 Å². The van der Waals surface area contributed by atoms with Crippen molar-refractivity contribution in [1.82, 2.24) is 24.5 Å². The molecule has 6 rings (SSSR count).